The van der Waals surface area contributed by atoms with Crippen molar-refractivity contribution in [3.63, 3.8) is 0 Å². The number of nitrogens with two attached hydrogens (primary N) is 1. The van der Waals surface area contributed by atoms with Crippen molar-refractivity contribution in [3.8, 4) is 0 Å². The lowest BCUT2D eigenvalue weighted by atomic mass is 9.86. The molecule has 1 aliphatic rings. The number of nitrogens with zero attached hydrogens (tertiary/aromatic N) is 2. The molecule has 2 N–H and O–H groups in total. The third-order valence-electron chi connectivity index (χ3n) is 3.82. The van der Waals surface area contributed by atoms with E-state index in [-0.39, 0.29) is 5.91 Å². The highest BCUT2D eigenvalue weighted by Gasteiger charge is 2.31. The second-order valence-electron chi connectivity index (χ2n) is 5.46. The molecule has 1 aromatic heterocycles. The highest BCUT2D eigenvalue weighted by atomic mass is 32.1. The molecule has 2 rings (SSSR count). The molecular weight excluding hydrogens is 246 g/mol. The second kappa shape index (κ2) is 5.26. The Hall–Kier alpha value is -1.10. The smallest absolute Gasteiger partial charge is 0.228 e. The first-order chi connectivity index (χ1) is 8.47. The van der Waals surface area contributed by atoms with Gasteiger partial charge in [-0.05, 0) is 25.2 Å². The summed E-state index contributed by atoms with van der Waals surface area (Å²) in [7, 11) is 0. The predicted octanol–water partition coefficient (Wildman–Crippen LogP) is 2.16. The molecule has 1 aliphatic heterocycles. The third-order valence-corrected chi connectivity index (χ3v) is 4.54. The van der Waals surface area contributed by atoms with Gasteiger partial charge in [0.15, 0.2) is 5.13 Å². The first-order valence-electron chi connectivity index (χ1n) is 6.46. The van der Waals surface area contributed by atoms with E-state index in [1.165, 1.54) is 17.8 Å². The SMILES string of the molecule is CC1CC(C)C(C)N(C(=O)Cc2csc(N)n2)C1. The number of anilines is 1. The molecule has 0 aromatic carbocycles. The maximum atomic E-state index is 12.3. The van der Waals surface area contributed by atoms with Crippen LogP contribution in [0.25, 0.3) is 0 Å². The maximum absolute atomic E-state index is 12.3. The summed E-state index contributed by atoms with van der Waals surface area (Å²) >= 11 is 1.39. The van der Waals surface area contributed by atoms with Crippen molar-refractivity contribution in [3.05, 3.63) is 11.1 Å². The van der Waals surface area contributed by atoms with Crippen molar-refractivity contribution >= 4 is 22.4 Å². The van der Waals surface area contributed by atoms with Crippen LogP contribution in [-0.4, -0.2) is 28.4 Å². The standard InChI is InChI=1S/C13H21N3OS/c1-8-4-9(2)10(3)16(6-8)12(17)5-11-7-18-13(14)15-11/h7-10H,4-6H2,1-3H3,(H2,14,15). The van der Waals surface area contributed by atoms with Gasteiger partial charge in [0.1, 0.15) is 0 Å². The number of hydrogen-bond donors (Lipinski definition) is 1. The minimum atomic E-state index is 0.172. The zero-order chi connectivity index (χ0) is 13.3. The lowest BCUT2D eigenvalue weighted by Gasteiger charge is -2.41. The largest absolute Gasteiger partial charge is 0.375 e. The Labute approximate surface area is 112 Å². The van der Waals surface area contributed by atoms with Crippen LogP contribution in [0.2, 0.25) is 0 Å². The number of amides is 1. The van der Waals surface area contributed by atoms with Crippen LogP contribution in [0, 0.1) is 11.8 Å². The number of rotatable bonds is 2. The summed E-state index contributed by atoms with van der Waals surface area (Å²) in [5, 5.41) is 2.40. The molecule has 0 saturated carbocycles. The van der Waals surface area contributed by atoms with E-state index in [0.717, 1.165) is 12.2 Å². The van der Waals surface area contributed by atoms with Gasteiger partial charge >= 0.3 is 0 Å². The first kappa shape index (κ1) is 13.3. The molecule has 1 amide bonds. The normalized spacial score (nSPS) is 28.4. The van der Waals surface area contributed by atoms with Gasteiger partial charge < -0.3 is 10.6 Å². The van der Waals surface area contributed by atoms with Crippen LogP contribution >= 0.6 is 11.3 Å². The number of thiazole rings is 1. The monoisotopic (exact) mass is 267 g/mol. The molecule has 0 aliphatic carbocycles. The molecule has 2 heterocycles. The third kappa shape index (κ3) is 2.83. The lowest BCUT2D eigenvalue weighted by Crippen LogP contribution is -2.49. The summed E-state index contributed by atoms with van der Waals surface area (Å²) in [6.07, 6.45) is 1.58. The summed E-state index contributed by atoms with van der Waals surface area (Å²) in [5.41, 5.74) is 6.38. The Morgan fingerprint density at radius 3 is 2.89 bits per heavy atom. The van der Waals surface area contributed by atoms with Gasteiger partial charge in [0.25, 0.3) is 0 Å². The van der Waals surface area contributed by atoms with E-state index in [2.05, 4.69) is 25.8 Å². The number of aromatic nitrogens is 1. The topological polar surface area (TPSA) is 59.2 Å². The lowest BCUT2D eigenvalue weighted by molar-refractivity contribution is -0.136. The Morgan fingerprint density at radius 2 is 2.28 bits per heavy atom. The number of carbonyl (C=O) groups excluding carboxylic acids is 1. The molecule has 0 radical (unpaired) electrons. The Morgan fingerprint density at radius 1 is 1.56 bits per heavy atom. The molecule has 1 aromatic rings. The summed E-state index contributed by atoms with van der Waals surface area (Å²) in [4.78, 5) is 18.5. The predicted molar refractivity (Wildman–Crippen MR) is 74.4 cm³/mol. The molecule has 1 fully saturated rings. The summed E-state index contributed by atoms with van der Waals surface area (Å²) < 4.78 is 0. The van der Waals surface area contributed by atoms with Gasteiger partial charge in [0.05, 0.1) is 12.1 Å². The summed E-state index contributed by atoms with van der Waals surface area (Å²) in [6, 6.07) is 0.324. The fraction of sp³-hybridized carbons (Fsp3) is 0.692. The molecule has 0 spiro atoms. The maximum Gasteiger partial charge on any atom is 0.228 e. The fourth-order valence-corrected chi connectivity index (χ4v) is 3.27. The van der Waals surface area contributed by atoms with Crippen molar-refractivity contribution in [1.29, 1.82) is 0 Å². The van der Waals surface area contributed by atoms with Gasteiger partial charge in [-0.15, -0.1) is 11.3 Å². The minimum Gasteiger partial charge on any atom is -0.375 e. The van der Waals surface area contributed by atoms with Crippen LogP contribution in [0.15, 0.2) is 5.38 Å². The molecular formula is C13H21N3OS. The average molecular weight is 267 g/mol. The Balaban J connectivity index is 2.03. The highest BCUT2D eigenvalue weighted by Crippen LogP contribution is 2.27. The Bertz CT molecular complexity index is 432. The van der Waals surface area contributed by atoms with E-state index >= 15 is 0 Å². The molecule has 5 heteroatoms. The number of piperidine rings is 1. The van der Waals surface area contributed by atoms with Crippen LogP contribution in [0.5, 0.6) is 0 Å². The number of nitrogen functional groups attached to an aromatic ring is 1. The molecule has 1 saturated heterocycles. The van der Waals surface area contributed by atoms with Crippen molar-refractivity contribution in [2.24, 2.45) is 11.8 Å². The van der Waals surface area contributed by atoms with Crippen LogP contribution < -0.4 is 5.73 Å². The average Bonchev–Trinajstić information content (AvgIpc) is 2.69. The number of hydrogen-bond acceptors (Lipinski definition) is 4. The van der Waals surface area contributed by atoms with E-state index in [4.69, 9.17) is 5.73 Å². The fourth-order valence-electron chi connectivity index (χ4n) is 2.70. The van der Waals surface area contributed by atoms with E-state index in [1.807, 2.05) is 10.3 Å². The van der Waals surface area contributed by atoms with Gasteiger partial charge in [-0.2, -0.15) is 0 Å². The highest BCUT2D eigenvalue weighted by molar-refractivity contribution is 7.13. The van der Waals surface area contributed by atoms with Crippen LogP contribution in [-0.2, 0) is 11.2 Å². The van der Waals surface area contributed by atoms with Crippen molar-refractivity contribution < 1.29 is 4.79 Å². The minimum absolute atomic E-state index is 0.172. The van der Waals surface area contributed by atoms with Gasteiger partial charge in [-0.3, -0.25) is 4.79 Å². The zero-order valence-electron chi connectivity index (χ0n) is 11.2. The summed E-state index contributed by atoms with van der Waals surface area (Å²) in [6.45, 7) is 7.44. The second-order valence-corrected chi connectivity index (χ2v) is 6.35. The quantitative estimate of drug-likeness (QED) is 0.893. The van der Waals surface area contributed by atoms with Crippen LogP contribution in [0.4, 0.5) is 5.13 Å². The van der Waals surface area contributed by atoms with E-state index in [0.29, 0.717) is 29.4 Å². The molecule has 0 bridgehead atoms. The van der Waals surface area contributed by atoms with E-state index in [9.17, 15) is 4.79 Å². The van der Waals surface area contributed by atoms with Crippen LogP contribution in [0.1, 0.15) is 32.9 Å². The van der Waals surface area contributed by atoms with Crippen LogP contribution in [0.3, 0.4) is 0 Å². The van der Waals surface area contributed by atoms with Crippen molar-refractivity contribution in [2.75, 3.05) is 12.3 Å². The summed E-state index contributed by atoms with van der Waals surface area (Å²) in [5.74, 6) is 1.32. The van der Waals surface area contributed by atoms with Gasteiger partial charge in [0.2, 0.25) is 5.91 Å². The van der Waals surface area contributed by atoms with E-state index < -0.39 is 0 Å². The first-order valence-corrected chi connectivity index (χ1v) is 7.34. The molecule has 3 atom stereocenters. The molecule has 4 nitrogen and oxygen atoms in total. The van der Waals surface area contributed by atoms with Gasteiger partial charge in [-0.25, -0.2) is 4.98 Å². The molecule has 3 unspecified atom stereocenters. The van der Waals surface area contributed by atoms with Gasteiger partial charge in [0, 0.05) is 18.0 Å². The van der Waals surface area contributed by atoms with E-state index in [1.54, 1.807) is 0 Å². The number of carbonyl (C=O) groups is 1. The van der Waals surface area contributed by atoms with Crippen molar-refractivity contribution in [2.45, 2.75) is 39.7 Å². The Kier molecular flexibility index (Phi) is 3.90. The zero-order valence-corrected chi connectivity index (χ0v) is 12.0. The van der Waals surface area contributed by atoms with Crippen molar-refractivity contribution in [1.82, 2.24) is 9.88 Å². The molecule has 100 valence electrons. The number of likely N-dealkylation sites (tertiary alicyclic amines) is 1. The molecule has 18 heavy (non-hydrogen) atoms. The van der Waals surface area contributed by atoms with Gasteiger partial charge in [-0.1, -0.05) is 13.8 Å².